The van der Waals surface area contributed by atoms with Gasteiger partial charge >= 0.3 is 0 Å². The second kappa shape index (κ2) is 6.02. The van der Waals surface area contributed by atoms with E-state index in [0.29, 0.717) is 28.0 Å². The highest BCUT2D eigenvalue weighted by molar-refractivity contribution is 9.10. The summed E-state index contributed by atoms with van der Waals surface area (Å²) in [5, 5.41) is 3.41. The van der Waals surface area contributed by atoms with E-state index in [1.54, 1.807) is 30.6 Å². The normalized spacial score (nSPS) is 10.3. The molecule has 1 aromatic carbocycles. The van der Waals surface area contributed by atoms with E-state index >= 15 is 0 Å². The van der Waals surface area contributed by atoms with Gasteiger partial charge in [0.25, 0.3) is 5.91 Å². The van der Waals surface area contributed by atoms with Crippen LogP contribution in [0.25, 0.3) is 0 Å². The van der Waals surface area contributed by atoms with Gasteiger partial charge in [-0.1, -0.05) is 11.6 Å². The number of nitrogens with zero attached hydrogens (tertiary/aromatic N) is 1. The number of benzene rings is 1. The molecule has 0 radical (unpaired) electrons. The molecule has 6 heteroatoms. The van der Waals surface area contributed by atoms with Gasteiger partial charge in [0.2, 0.25) is 0 Å². The predicted octanol–water partition coefficient (Wildman–Crippen LogP) is 2.80. The molecule has 0 saturated heterocycles. The zero-order chi connectivity index (χ0) is 13.0. The van der Waals surface area contributed by atoms with Crippen LogP contribution >= 0.6 is 27.5 Å². The summed E-state index contributed by atoms with van der Waals surface area (Å²) >= 11 is 9.15. The van der Waals surface area contributed by atoms with E-state index in [2.05, 4.69) is 31.2 Å². The fraction of sp³-hybridized carbons (Fsp3) is 0.167. The van der Waals surface area contributed by atoms with Crippen LogP contribution in [0.5, 0.6) is 0 Å². The number of aromatic amines is 1. The van der Waals surface area contributed by atoms with Gasteiger partial charge in [-0.3, -0.25) is 4.79 Å². The van der Waals surface area contributed by atoms with Crippen LogP contribution in [0.1, 0.15) is 16.2 Å². The van der Waals surface area contributed by atoms with E-state index < -0.39 is 0 Å². The van der Waals surface area contributed by atoms with Crippen molar-refractivity contribution in [1.29, 1.82) is 0 Å². The lowest BCUT2D eigenvalue weighted by atomic mass is 10.2. The third-order valence-electron chi connectivity index (χ3n) is 2.38. The Kier molecular flexibility index (Phi) is 4.38. The number of imidazole rings is 1. The quantitative estimate of drug-likeness (QED) is 0.906. The topological polar surface area (TPSA) is 57.8 Å². The lowest BCUT2D eigenvalue weighted by Gasteiger charge is -2.05. The van der Waals surface area contributed by atoms with E-state index in [4.69, 9.17) is 11.6 Å². The summed E-state index contributed by atoms with van der Waals surface area (Å²) in [5.41, 5.74) is 0.575. The second-order valence-electron chi connectivity index (χ2n) is 3.67. The number of nitrogens with one attached hydrogen (secondary N) is 2. The molecule has 1 heterocycles. The molecule has 2 N–H and O–H groups in total. The first-order valence-electron chi connectivity index (χ1n) is 5.38. The first kappa shape index (κ1) is 13.1. The van der Waals surface area contributed by atoms with Crippen LogP contribution in [0.2, 0.25) is 5.02 Å². The van der Waals surface area contributed by atoms with Crippen LogP contribution in [0, 0.1) is 0 Å². The largest absolute Gasteiger partial charge is 0.352 e. The van der Waals surface area contributed by atoms with Crippen molar-refractivity contribution in [1.82, 2.24) is 15.3 Å². The Morgan fingerprint density at radius 2 is 2.33 bits per heavy atom. The average Bonchev–Trinajstić information content (AvgIpc) is 2.85. The van der Waals surface area contributed by atoms with Gasteiger partial charge in [0.15, 0.2) is 0 Å². The number of aromatic nitrogens is 2. The van der Waals surface area contributed by atoms with Crippen molar-refractivity contribution in [2.75, 3.05) is 6.54 Å². The molecule has 0 atom stereocenters. The van der Waals surface area contributed by atoms with Crippen molar-refractivity contribution in [3.63, 3.8) is 0 Å². The smallest absolute Gasteiger partial charge is 0.251 e. The maximum Gasteiger partial charge on any atom is 0.251 e. The highest BCUT2D eigenvalue weighted by Crippen LogP contribution is 2.23. The molecule has 0 spiro atoms. The molecule has 0 aliphatic rings. The minimum Gasteiger partial charge on any atom is -0.352 e. The molecule has 4 nitrogen and oxygen atoms in total. The molecule has 18 heavy (non-hydrogen) atoms. The van der Waals surface area contributed by atoms with Gasteiger partial charge in [0.05, 0.1) is 5.02 Å². The van der Waals surface area contributed by atoms with Gasteiger partial charge in [-0.2, -0.15) is 0 Å². The highest BCUT2D eigenvalue weighted by Gasteiger charge is 2.07. The fourth-order valence-electron chi connectivity index (χ4n) is 1.47. The molecule has 0 fully saturated rings. The van der Waals surface area contributed by atoms with Crippen molar-refractivity contribution in [3.8, 4) is 0 Å². The Hall–Kier alpha value is -1.33. The standard InChI is InChI=1S/C12H11BrClN3O/c13-9-7-8(1-2-10(9)14)12(18)17-4-3-11-15-5-6-16-11/h1-2,5-7H,3-4H2,(H,15,16)(H,17,18). The van der Waals surface area contributed by atoms with Gasteiger partial charge in [0, 0.05) is 35.4 Å². The molecule has 94 valence electrons. The van der Waals surface area contributed by atoms with Crippen molar-refractivity contribution < 1.29 is 4.79 Å². The van der Waals surface area contributed by atoms with Crippen molar-refractivity contribution in [2.45, 2.75) is 6.42 Å². The SMILES string of the molecule is O=C(NCCc1ncc[nH]1)c1ccc(Cl)c(Br)c1. The number of H-pyrrole nitrogens is 1. The Labute approximate surface area is 118 Å². The minimum atomic E-state index is -0.126. The molecule has 0 saturated carbocycles. The number of hydrogen-bond donors (Lipinski definition) is 2. The Balaban J connectivity index is 1.89. The summed E-state index contributed by atoms with van der Waals surface area (Å²) in [6.45, 7) is 0.534. The molecular weight excluding hydrogens is 318 g/mol. The van der Waals surface area contributed by atoms with Gasteiger partial charge in [-0.15, -0.1) is 0 Å². The molecule has 1 amide bonds. The van der Waals surface area contributed by atoms with Gasteiger partial charge in [-0.05, 0) is 34.1 Å². The predicted molar refractivity (Wildman–Crippen MR) is 73.8 cm³/mol. The summed E-state index contributed by atoms with van der Waals surface area (Å²) in [4.78, 5) is 18.9. The van der Waals surface area contributed by atoms with E-state index in [1.807, 2.05) is 0 Å². The number of halogens is 2. The fourth-order valence-corrected chi connectivity index (χ4v) is 1.96. The lowest BCUT2D eigenvalue weighted by molar-refractivity contribution is 0.0954. The van der Waals surface area contributed by atoms with Crippen LogP contribution in [0.3, 0.4) is 0 Å². The zero-order valence-electron chi connectivity index (χ0n) is 9.41. The monoisotopic (exact) mass is 327 g/mol. The maximum atomic E-state index is 11.8. The van der Waals surface area contributed by atoms with E-state index in [9.17, 15) is 4.79 Å². The first-order valence-corrected chi connectivity index (χ1v) is 6.55. The second-order valence-corrected chi connectivity index (χ2v) is 4.93. The van der Waals surface area contributed by atoms with E-state index in [0.717, 1.165) is 5.82 Å². The summed E-state index contributed by atoms with van der Waals surface area (Å²) < 4.78 is 0.711. The van der Waals surface area contributed by atoms with Crippen molar-refractivity contribution in [2.24, 2.45) is 0 Å². The maximum absolute atomic E-state index is 11.8. The van der Waals surface area contributed by atoms with Crippen molar-refractivity contribution in [3.05, 3.63) is 51.5 Å². The molecule has 0 unspecified atom stereocenters. The molecule has 1 aromatic heterocycles. The summed E-state index contributed by atoms with van der Waals surface area (Å²) in [5.74, 6) is 0.728. The molecule has 0 aliphatic carbocycles. The van der Waals surface area contributed by atoms with Crippen molar-refractivity contribution >= 4 is 33.4 Å². The Morgan fingerprint density at radius 1 is 1.50 bits per heavy atom. The van der Waals surface area contributed by atoms with E-state index in [1.165, 1.54) is 0 Å². The van der Waals surface area contributed by atoms with Crippen LogP contribution in [0.15, 0.2) is 35.1 Å². The average molecular weight is 329 g/mol. The third kappa shape index (κ3) is 3.34. The summed E-state index contributed by atoms with van der Waals surface area (Å²) in [6, 6.07) is 5.08. The van der Waals surface area contributed by atoms with Gasteiger partial charge in [-0.25, -0.2) is 4.98 Å². The molecule has 2 aromatic rings. The lowest BCUT2D eigenvalue weighted by Crippen LogP contribution is -2.25. The number of carbonyl (C=O) groups is 1. The van der Waals surface area contributed by atoms with Gasteiger partial charge < -0.3 is 10.3 Å². The molecule has 0 bridgehead atoms. The summed E-state index contributed by atoms with van der Waals surface area (Å²) in [7, 11) is 0. The van der Waals surface area contributed by atoms with Crippen LogP contribution in [0.4, 0.5) is 0 Å². The van der Waals surface area contributed by atoms with Crippen LogP contribution < -0.4 is 5.32 Å². The number of amides is 1. The third-order valence-corrected chi connectivity index (χ3v) is 3.60. The molecule has 2 rings (SSSR count). The minimum absolute atomic E-state index is 0.126. The molecular formula is C12H11BrClN3O. The highest BCUT2D eigenvalue weighted by atomic mass is 79.9. The van der Waals surface area contributed by atoms with E-state index in [-0.39, 0.29) is 5.91 Å². The zero-order valence-corrected chi connectivity index (χ0v) is 11.8. The first-order chi connectivity index (χ1) is 8.66. The number of hydrogen-bond acceptors (Lipinski definition) is 2. The number of rotatable bonds is 4. The Morgan fingerprint density at radius 3 is 3.00 bits per heavy atom. The Bertz CT molecular complexity index is 542. The van der Waals surface area contributed by atoms with Crippen LogP contribution in [-0.4, -0.2) is 22.4 Å². The van der Waals surface area contributed by atoms with Gasteiger partial charge in [0.1, 0.15) is 5.82 Å². The van der Waals surface area contributed by atoms with Crippen LogP contribution in [-0.2, 0) is 6.42 Å². The number of carbonyl (C=O) groups excluding carboxylic acids is 1. The molecule has 0 aliphatic heterocycles. The summed E-state index contributed by atoms with van der Waals surface area (Å²) in [6.07, 6.45) is 4.12.